The second-order valence-corrected chi connectivity index (χ2v) is 7.40. The van der Waals surface area contributed by atoms with Gasteiger partial charge in [0, 0.05) is 13.1 Å². The fraction of sp³-hybridized carbons (Fsp3) is 0.875. The van der Waals surface area contributed by atoms with Gasteiger partial charge >= 0.3 is 6.09 Å². The number of hydrogen-bond donors (Lipinski definition) is 1. The van der Waals surface area contributed by atoms with E-state index in [2.05, 4.69) is 17.2 Å². The molecule has 0 radical (unpaired) electrons. The number of nitrogens with zero attached hydrogens (tertiary/aromatic N) is 2. The SMILES string of the molecule is CC1CCC(CNC2=NCCN(C(=O)OC(C)(C)C)C2)C1. The number of ether oxygens (including phenoxy) is 1. The maximum atomic E-state index is 12.1. The van der Waals surface area contributed by atoms with Gasteiger partial charge in [-0.3, -0.25) is 9.89 Å². The number of hydrogen-bond acceptors (Lipinski definition) is 4. The summed E-state index contributed by atoms with van der Waals surface area (Å²) in [5.74, 6) is 2.52. The van der Waals surface area contributed by atoms with E-state index in [1.54, 1.807) is 4.90 Å². The summed E-state index contributed by atoms with van der Waals surface area (Å²) in [6.07, 6.45) is 3.70. The molecular weight excluding hydrogens is 266 g/mol. The highest BCUT2D eigenvalue weighted by atomic mass is 16.6. The van der Waals surface area contributed by atoms with E-state index in [1.807, 2.05) is 20.8 Å². The summed E-state index contributed by atoms with van der Waals surface area (Å²) in [7, 11) is 0. The second-order valence-electron chi connectivity index (χ2n) is 7.40. The van der Waals surface area contributed by atoms with Crippen LogP contribution in [0.4, 0.5) is 4.79 Å². The highest BCUT2D eigenvalue weighted by Gasteiger charge is 2.26. The van der Waals surface area contributed by atoms with Gasteiger partial charge < -0.3 is 10.1 Å². The molecule has 5 heteroatoms. The molecule has 1 aliphatic heterocycles. The smallest absolute Gasteiger partial charge is 0.410 e. The summed E-state index contributed by atoms with van der Waals surface area (Å²) in [6, 6.07) is 0. The first-order valence-corrected chi connectivity index (χ1v) is 8.08. The van der Waals surface area contributed by atoms with Gasteiger partial charge in [-0.25, -0.2) is 4.79 Å². The Hall–Kier alpha value is -1.26. The first kappa shape index (κ1) is 16.1. The van der Waals surface area contributed by atoms with Crippen LogP contribution in [0.5, 0.6) is 0 Å². The predicted molar refractivity (Wildman–Crippen MR) is 84.6 cm³/mol. The van der Waals surface area contributed by atoms with Crippen molar-refractivity contribution in [2.24, 2.45) is 16.8 Å². The Labute approximate surface area is 128 Å². The molecule has 0 bridgehead atoms. The van der Waals surface area contributed by atoms with Crippen molar-refractivity contribution in [2.45, 2.75) is 52.6 Å². The number of rotatable bonds is 2. The van der Waals surface area contributed by atoms with Gasteiger partial charge in [-0.05, 0) is 45.4 Å². The van der Waals surface area contributed by atoms with Gasteiger partial charge in [-0.15, -0.1) is 0 Å². The highest BCUT2D eigenvalue weighted by Crippen LogP contribution is 2.29. The molecule has 1 saturated carbocycles. The van der Waals surface area contributed by atoms with Crippen molar-refractivity contribution in [2.75, 3.05) is 26.2 Å². The Morgan fingerprint density at radius 2 is 2.19 bits per heavy atom. The Kier molecular flexibility index (Phi) is 5.12. The van der Waals surface area contributed by atoms with Crippen LogP contribution in [0.2, 0.25) is 0 Å². The van der Waals surface area contributed by atoms with Crippen LogP contribution in [0.3, 0.4) is 0 Å². The maximum absolute atomic E-state index is 12.1. The van der Waals surface area contributed by atoms with E-state index in [-0.39, 0.29) is 6.09 Å². The number of nitrogens with one attached hydrogen (secondary N) is 1. The topological polar surface area (TPSA) is 53.9 Å². The van der Waals surface area contributed by atoms with Crippen molar-refractivity contribution in [1.82, 2.24) is 10.2 Å². The Bertz CT molecular complexity index is 401. The molecule has 0 aromatic heterocycles. The predicted octanol–water partition coefficient (Wildman–Crippen LogP) is 2.66. The van der Waals surface area contributed by atoms with Crippen LogP contribution in [-0.4, -0.2) is 48.6 Å². The maximum Gasteiger partial charge on any atom is 0.410 e. The van der Waals surface area contributed by atoms with Crippen molar-refractivity contribution < 1.29 is 9.53 Å². The number of aliphatic imine (C=N–C) groups is 1. The summed E-state index contributed by atoms with van der Waals surface area (Å²) in [5.41, 5.74) is -0.445. The lowest BCUT2D eigenvalue weighted by molar-refractivity contribution is 0.0276. The molecule has 1 aliphatic carbocycles. The molecule has 0 aromatic carbocycles. The number of amidine groups is 1. The van der Waals surface area contributed by atoms with Crippen LogP contribution in [-0.2, 0) is 4.74 Å². The van der Waals surface area contributed by atoms with Gasteiger partial charge in [0.05, 0.1) is 13.1 Å². The molecule has 0 saturated heterocycles. The van der Waals surface area contributed by atoms with E-state index in [4.69, 9.17) is 4.74 Å². The van der Waals surface area contributed by atoms with Gasteiger partial charge in [0.25, 0.3) is 0 Å². The lowest BCUT2D eigenvalue weighted by Gasteiger charge is -2.30. The standard InChI is InChI=1S/C16H29N3O2/c1-12-5-6-13(9-12)10-18-14-11-19(8-7-17-14)15(20)21-16(2,3)4/h12-13H,5-11H2,1-4H3,(H,17,18). The molecule has 0 aromatic rings. The fourth-order valence-corrected chi connectivity index (χ4v) is 2.98. The summed E-state index contributed by atoms with van der Waals surface area (Å²) < 4.78 is 5.42. The van der Waals surface area contributed by atoms with E-state index in [0.717, 1.165) is 24.2 Å². The third-order valence-electron chi connectivity index (χ3n) is 4.06. The minimum atomic E-state index is -0.445. The second kappa shape index (κ2) is 6.67. The first-order valence-electron chi connectivity index (χ1n) is 8.08. The molecule has 2 atom stereocenters. The Morgan fingerprint density at radius 1 is 1.43 bits per heavy atom. The van der Waals surface area contributed by atoms with E-state index < -0.39 is 5.60 Å². The third-order valence-corrected chi connectivity index (χ3v) is 4.06. The van der Waals surface area contributed by atoms with Crippen LogP contribution >= 0.6 is 0 Å². The lowest BCUT2D eigenvalue weighted by atomic mass is 10.1. The minimum Gasteiger partial charge on any atom is -0.444 e. The zero-order valence-electron chi connectivity index (χ0n) is 13.8. The molecule has 2 rings (SSSR count). The lowest BCUT2D eigenvalue weighted by Crippen LogP contribution is -2.47. The van der Waals surface area contributed by atoms with Crippen LogP contribution < -0.4 is 5.32 Å². The van der Waals surface area contributed by atoms with E-state index in [1.165, 1.54) is 19.3 Å². The Balaban J connectivity index is 1.77. The minimum absolute atomic E-state index is 0.244. The van der Waals surface area contributed by atoms with Gasteiger partial charge in [-0.2, -0.15) is 0 Å². The number of amides is 1. The molecular formula is C16H29N3O2. The monoisotopic (exact) mass is 295 g/mol. The van der Waals surface area contributed by atoms with Gasteiger partial charge in [-0.1, -0.05) is 13.3 Å². The fourth-order valence-electron chi connectivity index (χ4n) is 2.98. The normalized spacial score (nSPS) is 26.5. The first-order chi connectivity index (χ1) is 9.83. The molecule has 120 valence electrons. The van der Waals surface area contributed by atoms with Crippen molar-refractivity contribution in [3.05, 3.63) is 0 Å². The van der Waals surface area contributed by atoms with E-state index >= 15 is 0 Å². The Morgan fingerprint density at radius 3 is 2.81 bits per heavy atom. The summed E-state index contributed by atoms with van der Waals surface area (Å²) in [4.78, 5) is 18.3. The third kappa shape index (κ3) is 5.21. The molecule has 1 heterocycles. The highest BCUT2D eigenvalue weighted by molar-refractivity contribution is 5.87. The van der Waals surface area contributed by atoms with Crippen molar-refractivity contribution >= 4 is 11.9 Å². The van der Waals surface area contributed by atoms with E-state index in [9.17, 15) is 4.79 Å². The summed E-state index contributed by atoms with van der Waals surface area (Å²) in [6.45, 7) is 10.8. The average molecular weight is 295 g/mol. The van der Waals surface area contributed by atoms with Crippen LogP contribution in [0.15, 0.2) is 4.99 Å². The average Bonchev–Trinajstić information content (AvgIpc) is 2.81. The van der Waals surface area contributed by atoms with Crippen molar-refractivity contribution in [3.8, 4) is 0 Å². The molecule has 21 heavy (non-hydrogen) atoms. The molecule has 1 N–H and O–H groups in total. The summed E-state index contributed by atoms with van der Waals surface area (Å²) >= 11 is 0. The molecule has 1 fully saturated rings. The van der Waals surface area contributed by atoms with Gasteiger partial charge in [0.15, 0.2) is 0 Å². The molecule has 2 aliphatic rings. The number of carbonyl (C=O) groups is 1. The zero-order valence-corrected chi connectivity index (χ0v) is 13.8. The summed E-state index contributed by atoms with van der Waals surface area (Å²) in [5, 5.41) is 3.43. The quantitative estimate of drug-likeness (QED) is 0.852. The zero-order chi connectivity index (χ0) is 15.5. The molecule has 1 amide bonds. The van der Waals surface area contributed by atoms with Crippen LogP contribution in [0.1, 0.15) is 47.0 Å². The van der Waals surface area contributed by atoms with Crippen LogP contribution in [0.25, 0.3) is 0 Å². The van der Waals surface area contributed by atoms with Gasteiger partial charge in [0.1, 0.15) is 11.4 Å². The molecule has 5 nitrogen and oxygen atoms in total. The van der Waals surface area contributed by atoms with Gasteiger partial charge in [0.2, 0.25) is 0 Å². The molecule has 0 spiro atoms. The van der Waals surface area contributed by atoms with E-state index in [0.29, 0.717) is 19.6 Å². The van der Waals surface area contributed by atoms with Crippen LogP contribution in [0, 0.1) is 11.8 Å². The van der Waals surface area contributed by atoms with Crippen molar-refractivity contribution in [1.29, 1.82) is 0 Å². The largest absolute Gasteiger partial charge is 0.444 e. The number of carbonyl (C=O) groups excluding carboxylic acids is 1. The van der Waals surface area contributed by atoms with Crippen molar-refractivity contribution in [3.63, 3.8) is 0 Å². The molecule has 2 unspecified atom stereocenters.